The van der Waals surface area contributed by atoms with Gasteiger partial charge in [0.1, 0.15) is 13.2 Å². The average Bonchev–Trinajstić information content (AvgIpc) is 2.80. The lowest BCUT2D eigenvalue weighted by Gasteiger charge is -2.20. The van der Waals surface area contributed by atoms with E-state index in [0.717, 1.165) is 66.8 Å². The van der Waals surface area contributed by atoms with E-state index in [0.29, 0.717) is 13.2 Å². The molecule has 0 aliphatic carbocycles. The minimum absolute atomic E-state index is 0.0113. The molecule has 2 aromatic rings. The van der Waals surface area contributed by atoms with Gasteiger partial charge in [0.25, 0.3) is 0 Å². The first-order valence-electron chi connectivity index (χ1n) is 8.35. The van der Waals surface area contributed by atoms with Crippen LogP contribution in [0.1, 0.15) is 11.3 Å². The summed E-state index contributed by atoms with van der Waals surface area (Å²) in [5, 5.41) is 3.41. The van der Waals surface area contributed by atoms with E-state index >= 15 is 0 Å². The van der Waals surface area contributed by atoms with Crippen LogP contribution >= 0.6 is 11.3 Å². The van der Waals surface area contributed by atoms with Crippen molar-refractivity contribution in [3.63, 3.8) is 0 Å². The number of hydrogen-bond donors (Lipinski definition) is 2. The van der Waals surface area contributed by atoms with E-state index in [-0.39, 0.29) is 4.87 Å². The zero-order chi connectivity index (χ0) is 16.4. The van der Waals surface area contributed by atoms with Gasteiger partial charge in [-0.25, -0.2) is 0 Å². The van der Waals surface area contributed by atoms with Crippen molar-refractivity contribution >= 4 is 11.3 Å². The minimum atomic E-state index is -0.0113. The summed E-state index contributed by atoms with van der Waals surface area (Å²) in [6.45, 7) is 6.06. The average molecular weight is 347 g/mol. The molecule has 128 valence electrons. The van der Waals surface area contributed by atoms with Gasteiger partial charge in [0.2, 0.25) is 0 Å². The van der Waals surface area contributed by atoms with Crippen molar-refractivity contribution in [3.8, 4) is 22.8 Å². The van der Waals surface area contributed by atoms with E-state index in [9.17, 15) is 4.79 Å². The topological polar surface area (TPSA) is 66.6 Å². The first-order valence-corrected chi connectivity index (χ1v) is 9.16. The first kappa shape index (κ1) is 15.7. The lowest BCUT2D eigenvalue weighted by Crippen LogP contribution is -2.27. The first-order chi connectivity index (χ1) is 11.8. The number of ether oxygens (including phenoxy) is 2. The van der Waals surface area contributed by atoms with E-state index in [1.54, 1.807) is 0 Å². The molecule has 4 rings (SSSR count). The maximum Gasteiger partial charge on any atom is 0.305 e. The molecule has 1 fully saturated rings. The summed E-state index contributed by atoms with van der Waals surface area (Å²) in [7, 11) is 0. The molecule has 0 amide bonds. The molecule has 7 heteroatoms. The van der Waals surface area contributed by atoms with Gasteiger partial charge in [-0.15, -0.1) is 0 Å². The van der Waals surface area contributed by atoms with Crippen molar-refractivity contribution in [2.24, 2.45) is 0 Å². The Morgan fingerprint density at radius 1 is 1.12 bits per heavy atom. The molecule has 0 spiro atoms. The molecular weight excluding hydrogens is 326 g/mol. The largest absolute Gasteiger partial charge is 0.486 e. The fourth-order valence-electron chi connectivity index (χ4n) is 3.17. The van der Waals surface area contributed by atoms with Gasteiger partial charge >= 0.3 is 4.87 Å². The Labute approximate surface area is 144 Å². The van der Waals surface area contributed by atoms with Crippen LogP contribution in [0.25, 0.3) is 11.3 Å². The van der Waals surface area contributed by atoms with Crippen LogP contribution in [-0.4, -0.2) is 49.3 Å². The second-order valence-corrected chi connectivity index (χ2v) is 7.12. The van der Waals surface area contributed by atoms with Gasteiger partial charge < -0.3 is 19.8 Å². The standard InChI is InChI=1S/C17H21N3O3S/c21-17-19-16(12-2-3-13-14(10-12)23-9-8-22-13)15(24-17)11-20-6-1-4-18-5-7-20/h2-3,10,18H,1,4-9,11H2,(H,19,21). The van der Waals surface area contributed by atoms with Crippen molar-refractivity contribution in [3.05, 3.63) is 32.7 Å². The highest BCUT2D eigenvalue weighted by molar-refractivity contribution is 7.09. The lowest BCUT2D eigenvalue weighted by molar-refractivity contribution is 0.171. The van der Waals surface area contributed by atoms with Gasteiger partial charge in [0, 0.05) is 30.1 Å². The zero-order valence-electron chi connectivity index (χ0n) is 13.5. The molecule has 0 saturated carbocycles. The molecule has 6 nitrogen and oxygen atoms in total. The Hall–Kier alpha value is -1.83. The number of nitrogens with one attached hydrogen (secondary N) is 2. The Balaban J connectivity index is 1.62. The van der Waals surface area contributed by atoms with Crippen molar-refractivity contribution in [1.29, 1.82) is 0 Å². The summed E-state index contributed by atoms with van der Waals surface area (Å²) < 4.78 is 11.2. The van der Waals surface area contributed by atoms with Gasteiger partial charge in [-0.05, 0) is 37.7 Å². The smallest absolute Gasteiger partial charge is 0.305 e. The summed E-state index contributed by atoms with van der Waals surface area (Å²) in [6.07, 6.45) is 1.14. The van der Waals surface area contributed by atoms with E-state index in [4.69, 9.17) is 9.47 Å². The van der Waals surface area contributed by atoms with Crippen molar-refractivity contribution in [2.75, 3.05) is 39.4 Å². The molecule has 0 atom stereocenters. The Morgan fingerprint density at radius 3 is 2.92 bits per heavy atom. The summed E-state index contributed by atoms with van der Waals surface area (Å²) >= 11 is 1.30. The fraction of sp³-hybridized carbons (Fsp3) is 0.471. The van der Waals surface area contributed by atoms with Crippen LogP contribution in [0.4, 0.5) is 0 Å². The normalized spacial score (nSPS) is 18.3. The van der Waals surface area contributed by atoms with Gasteiger partial charge in [-0.1, -0.05) is 11.3 Å². The molecular formula is C17H21N3O3S. The van der Waals surface area contributed by atoms with Crippen LogP contribution in [0.3, 0.4) is 0 Å². The van der Waals surface area contributed by atoms with Gasteiger partial charge in [0.15, 0.2) is 11.5 Å². The summed E-state index contributed by atoms with van der Waals surface area (Å²) in [4.78, 5) is 18.4. The number of nitrogens with zero attached hydrogens (tertiary/aromatic N) is 1. The maximum absolute atomic E-state index is 12.0. The summed E-state index contributed by atoms with van der Waals surface area (Å²) in [5.41, 5.74) is 1.87. The molecule has 1 aromatic carbocycles. The van der Waals surface area contributed by atoms with Crippen LogP contribution < -0.4 is 19.7 Å². The van der Waals surface area contributed by atoms with Crippen molar-refractivity contribution < 1.29 is 9.47 Å². The highest BCUT2D eigenvalue weighted by atomic mass is 32.1. The van der Waals surface area contributed by atoms with E-state index < -0.39 is 0 Å². The van der Waals surface area contributed by atoms with Gasteiger partial charge in [-0.2, -0.15) is 0 Å². The molecule has 1 aromatic heterocycles. The third-order valence-electron chi connectivity index (χ3n) is 4.35. The van der Waals surface area contributed by atoms with Crippen LogP contribution in [0.5, 0.6) is 11.5 Å². The number of H-pyrrole nitrogens is 1. The Bertz CT molecular complexity index is 763. The van der Waals surface area contributed by atoms with Crippen LogP contribution in [-0.2, 0) is 6.54 Å². The zero-order valence-corrected chi connectivity index (χ0v) is 14.3. The quantitative estimate of drug-likeness (QED) is 0.884. The SMILES string of the molecule is O=c1[nH]c(-c2ccc3c(c2)OCCO3)c(CN2CCCNCC2)s1. The minimum Gasteiger partial charge on any atom is -0.486 e. The predicted molar refractivity (Wildman–Crippen MR) is 94.1 cm³/mol. The number of aromatic amines is 1. The van der Waals surface area contributed by atoms with Crippen LogP contribution in [0, 0.1) is 0 Å². The molecule has 1 saturated heterocycles. The third kappa shape index (κ3) is 3.33. The fourth-order valence-corrected chi connectivity index (χ4v) is 4.06. The van der Waals surface area contributed by atoms with Crippen LogP contribution in [0.2, 0.25) is 0 Å². The maximum atomic E-state index is 12.0. The molecule has 0 radical (unpaired) electrons. The number of fused-ring (bicyclic) bond motifs is 1. The second-order valence-electron chi connectivity index (χ2n) is 6.05. The van der Waals surface area contributed by atoms with E-state index in [1.165, 1.54) is 11.3 Å². The third-order valence-corrected chi connectivity index (χ3v) is 5.22. The monoisotopic (exact) mass is 347 g/mol. The number of thiazole rings is 1. The Kier molecular flexibility index (Phi) is 4.55. The van der Waals surface area contributed by atoms with Gasteiger partial charge in [0.05, 0.1) is 5.69 Å². The van der Waals surface area contributed by atoms with Gasteiger partial charge in [-0.3, -0.25) is 9.69 Å². The highest BCUT2D eigenvalue weighted by Gasteiger charge is 2.18. The van der Waals surface area contributed by atoms with E-state index in [1.807, 2.05) is 18.2 Å². The molecule has 3 heterocycles. The molecule has 2 aliphatic heterocycles. The highest BCUT2D eigenvalue weighted by Crippen LogP contribution is 2.35. The van der Waals surface area contributed by atoms with E-state index in [2.05, 4.69) is 15.2 Å². The molecule has 24 heavy (non-hydrogen) atoms. The van der Waals surface area contributed by atoms with Crippen molar-refractivity contribution in [2.45, 2.75) is 13.0 Å². The Morgan fingerprint density at radius 2 is 2.00 bits per heavy atom. The second kappa shape index (κ2) is 6.96. The molecule has 0 unspecified atom stereocenters. The lowest BCUT2D eigenvalue weighted by atomic mass is 10.1. The summed E-state index contributed by atoms with van der Waals surface area (Å²) in [5.74, 6) is 1.51. The molecule has 0 bridgehead atoms. The number of hydrogen-bond acceptors (Lipinski definition) is 6. The number of rotatable bonds is 3. The summed E-state index contributed by atoms with van der Waals surface area (Å²) in [6, 6.07) is 5.86. The molecule has 2 aliphatic rings. The molecule has 2 N–H and O–H groups in total. The van der Waals surface area contributed by atoms with Crippen molar-refractivity contribution in [1.82, 2.24) is 15.2 Å². The number of benzene rings is 1. The van der Waals surface area contributed by atoms with Crippen LogP contribution in [0.15, 0.2) is 23.0 Å². The predicted octanol–water partition coefficient (Wildman–Crippen LogP) is 1.67. The number of aromatic nitrogens is 1.